The molecule has 4 rings (SSSR count). The van der Waals surface area contributed by atoms with Gasteiger partial charge in [-0.2, -0.15) is 0 Å². The van der Waals surface area contributed by atoms with Crippen LogP contribution in [0.2, 0.25) is 0 Å². The summed E-state index contributed by atoms with van der Waals surface area (Å²) in [4.78, 5) is 27.8. The van der Waals surface area contributed by atoms with Crippen molar-refractivity contribution in [3.8, 4) is 23.0 Å². The Morgan fingerprint density at radius 2 is 1.83 bits per heavy atom. The highest BCUT2D eigenvalue weighted by molar-refractivity contribution is 5.93. The molecule has 0 radical (unpaired) electrons. The molecule has 1 amide bonds. The van der Waals surface area contributed by atoms with Gasteiger partial charge in [-0.05, 0) is 48.0 Å². The van der Waals surface area contributed by atoms with E-state index in [0.717, 1.165) is 5.56 Å². The molecule has 0 bridgehead atoms. The van der Waals surface area contributed by atoms with Gasteiger partial charge in [-0.25, -0.2) is 4.98 Å². The van der Waals surface area contributed by atoms with Gasteiger partial charge in [0, 0.05) is 12.6 Å². The van der Waals surface area contributed by atoms with Gasteiger partial charge in [-0.3, -0.25) is 9.59 Å². The predicted molar refractivity (Wildman–Crippen MR) is 111 cm³/mol. The van der Waals surface area contributed by atoms with Crippen molar-refractivity contribution >= 4 is 28.7 Å². The van der Waals surface area contributed by atoms with E-state index in [0.29, 0.717) is 28.1 Å². The van der Waals surface area contributed by atoms with E-state index < -0.39 is 5.97 Å². The highest BCUT2D eigenvalue weighted by Crippen LogP contribution is 2.33. The van der Waals surface area contributed by atoms with E-state index in [-0.39, 0.29) is 24.0 Å². The van der Waals surface area contributed by atoms with Gasteiger partial charge in [-0.1, -0.05) is 24.3 Å². The van der Waals surface area contributed by atoms with Gasteiger partial charge in [0.25, 0.3) is 0 Å². The number of benzene rings is 3. The zero-order chi connectivity index (χ0) is 21.1. The fourth-order valence-corrected chi connectivity index (χ4v) is 3.00. The summed E-state index contributed by atoms with van der Waals surface area (Å²) in [5, 5.41) is 13.0. The molecule has 0 unspecified atom stereocenters. The minimum Gasteiger partial charge on any atom is -0.507 e. The van der Waals surface area contributed by atoms with Crippen molar-refractivity contribution in [3.63, 3.8) is 0 Å². The maximum Gasteiger partial charge on any atom is 0.308 e. The van der Waals surface area contributed by atoms with Crippen molar-refractivity contribution in [1.82, 2.24) is 4.98 Å². The summed E-state index contributed by atoms with van der Waals surface area (Å²) in [6.07, 6.45) is 0.138. The van der Waals surface area contributed by atoms with Crippen LogP contribution in [0.3, 0.4) is 0 Å². The number of aromatic hydroxyl groups is 1. The third kappa shape index (κ3) is 4.30. The van der Waals surface area contributed by atoms with Crippen LogP contribution in [-0.2, 0) is 16.0 Å². The van der Waals surface area contributed by atoms with Crippen LogP contribution in [0, 0.1) is 0 Å². The maximum absolute atomic E-state index is 12.4. The van der Waals surface area contributed by atoms with Crippen LogP contribution in [0.5, 0.6) is 11.5 Å². The molecule has 3 aromatic carbocycles. The van der Waals surface area contributed by atoms with Crippen LogP contribution < -0.4 is 10.1 Å². The lowest BCUT2D eigenvalue weighted by atomic mass is 10.1. The third-order valence-electron chi connectivity index (χ3n) is 4.35. The number of hydrogen-bond acceptors (Lipinski definition) is 6. The summed E-state index contributed by atoms with van der Waals surface area (Å²) in [6, 6.07) is 18.7. The van der Waals surface area contributed by atoms with Crippen LogP contribution in [0.4, 0.5) is 5.69 Å². The average molecular weight is 402 g/mol. The molecule has 7 heteroatoms. The van der Waals surface area contributed by atoms with E-state index >= 15 is 0 Å². The number of phenols is 1. The van der Waals surface area contributed by atoms with Crippen molar-refractivity contribution in [2.45, 2.75) is 13.3 Å². The number of phenolic OH excluding ortho intramolecular Hbond substituents is 1. The molecule has 0 fully saturated rings. The van der Waals surface area contributed by atoms with Crippen LogP contribution in [0.1, 0.15) is 12.5 Å². The molecular formula is C23H18N2O5. The lowest BCUT2D eigenvalue weighted by Crippen LogP contribution is -2.14. The second kappa shape index (κ2) is 8.08. The molecule has 1 aromatic heterocycles. The lowest BCUT2D eigenvalue weighted by molar-refractivity contribution is -0.131. The zero-order valence-corrected chi connectivity index (χ0v) is 16.1. The molecule has 0 spiro atoms. The number of esters is 1. The monoisotopic (exact) mass is 402 g/mol. The largest absolute Gasteiger partial charge is 0.507 e. The predicted octanol–water partition coefficient (Wildman–Crippen LogP) is 4.31. The number of ether oxygens (including phenoxy) is 1. The molecule has 0 saturated carbocycles. The number of carbonyl (C=O) groups excluding carboxylic acids is 2. The fourth-order valence-electron chi connectivity index (χ4n) is 3.00. The van der Waals surface area contributed by atoms with Crippen molar-refractivity contribution in [3.05, 3.63) is 72.3 Å². The highest BCUT2D eigenvalue weighted by atomic mass is 16.5. The molecule has 4 aromatic rings. The van der Waals surface area contributed by atoms with Crippen molar-refractivity contribution in [1.29, 1.82) is 0 Å². The van der Waals surface area contributed by atoms with E-state index in [4.69, 9.17) is 9.15 Å². The molecule has 30 heavy (non-hydrogen) atoms. The normalized spacial score (nSPS) is 10.7. The quantitative estimate of drug-likeness (QED) is 0.293. The Kier molecular flexibility index (Phi) is 5.17. The smallest absolute Gasteiger partial charge is 0.308 e. The highest BCUT2D eigenvalue weighted by Gasteiger charge is 2.14. The van der Waals surface area contributed by atoms with Crippen LogP contribution in [0.25, 0.3) is 22.6 Å². The summed E-state index contributed by atoms with van der Waals surface area (Å²) in [5.41, 5.74) is 2.94. The van der Waals surface area contributed by atoms with Crippen molar-refractivity contribution < 1.29 is 23.8 Å². The maximum atomic E-state index is 12.4. The molecule has 0 saturated heterocycles. The number of anilines is 1. The topological polar surface area (TPSA) is 102 Å². The molecule has 2 N–H and O–H groups in total. The number of aromatic nitrogens is 1. The summed E-state index contributed by atoms with van der Waals surface area (Å²) >= 11 is 0. The van der Waals surface area contributed by atoms with Gasteiger partial charge in [0.1, 0.15) is 17.0 Å². The summed E-state index contributed by atoms with van der Waals surface area (Å²) in [5.74, 6) is 0.0617. The van der Waals surface area contributed by atoms with Crippen LogP contribution >= 0.6 is 0 Å². The van der Waals surface area contributed by atoms with E-state index in [1.165, 1.54) is 13.0 Å². The molecular weight excluding hydrogens is 384 g/mol. The molecule has 150 valence electrons. The number of carbonyl (C=O) groups is 2. The molecule has 7 nitrogen and oxygen atoms in total. The number of nitrogens with one attached hydrogen (secondary N) is 1. The summed E-state index contributed by atoms with van der Waals surface area (Å²) < 4.78 is 10.7. The first kappa shape index (κ1) is 19.2. The molecule has 0 aliphatic carbocycles. The summed E-state index contributed by atoms with van der Waals surface area (Å²) in [6.45, 7) is 1.33. The van der Waals surface area contributed by atoms with E-state index in [1.807, 2.05) is 18.2 Å². The van der Waals surface area contributed by atoms with E-state index in [1.54, 1.807) is 42.5 Å². The zero-order valence-electron chi connectivity index (χ0n) is 16.1. The van der Waals surface area contributed by atoms with E-state index in [2.05, 4.69) is 10.3 Å². The Morgan fingerprint density at radius 3 is 2.57 bits per heavy atom. The first-order valence-electron chi connectivity index (χ1n) is 9.24. The Hall–Kier alpha value is -4.13. The first-order chi connectivity index (χ1) is 14.5. The number of hydrogen-bond donors (Lipinski definition) is 2. The summed E-state index contributed by atoms with van der Waals surface area (Å²) in [7, 11) is 0. The average Bonchev–Trinajstić information content (AvgIpc) is 3.14. The van der Waals surface area contributed by atoms with E-state index in [9.17, 15) is 14.7 Å². The van der Waals surface area contributed by atoms with Crippen LogP contribution in [0.15, 0.2) is 71.1 Å². The standard InChI is InChI=1S/C23H18N2O5/c1-14(26)29-17-9-6-15(7-10-17)12-22(28)24-16-8-11-20(27)18(13-16)23-25-19-4-2-3-5-21(19)30-23/h2-11,13,27H,12H2,1H3,(H,24,28). The number of fused-ring (bicyclic) bond motifs is 1. The van der Waals surface area contributed by atoms with Gasteiger partial charge >= 0.3 is 5.97 Å². The van der Waals surface area contributed by atoms with Gasteiger partial charge < -0.3 is 19.6 Å². The van der Waals surface area contributed by atoms with Crippen molar-refractivity contribution in [2.24, 2.45) is 0 Å². The molecule has 0 aliphatic heterocycles. The molecule has 0 atom stereocenters. The number of oxazole rings is 1. The van der Waals surface area contributed by atoms with Gasteiger partial charge in [0.2, 0.25) is 11.8 Å². The Bertz CT molecular complexity index is 1200. The molecule has 1 heterocycles. The lowest BCUT2D eigenvalue weighted by Gasteiger charge is -2.08. The van der Waals surface area contributed by atoms with Gasteiger partial charge in [0.15, 0.2) is 5.58 Å². The minimum absolute atomic E-state index is 0.000570. The number of rotatable bonds is 5. The Morgan fingerprint density at radius 1 is 1.07 bits per heavy atom. The third-order valence-corrected chi connectivity index (χ3v) is 4.35. The Labute approximate surface area is 171 Å². The number of nitrogens with zero attached hydrogens (tertiary/aromatic N) is 1. The molecule has 0 aliphatic rings. The second-order valence-electron chi connectivity index (χ2n) is 6.68. The van der Waals surface area contributed by atoms with Gasteiger partial charge in [0.05, 0.1) is 12.0 Å². The van der Waals surface area contributed by atoms with Gasteiger partial charge in [-0.15, -0.1) is 0 Å². The SMILES string of the molecule is CC(=O)Oc1ccc(CC(=O)Nc2ccc(O)c(-c3nc4ccccc4o3)c2)cc1. The fraction of sp³-hybridized carbons (Fsp3) is 0.0870. The van der Waals surface area contributed by atoms with Crippen LogP contribution in [-0.4, -0.2) is 22.0 Å². The first-order valence-corrected chi connectivity index (χ1v) is 9.24. The Balaban J connectivity index is 1.48. The minimum atomic E-state index is -0.400. The number of para-hydroxylation sites is 2. The second-order valence-corrected chi connectivity index (χ2v) is 6.68. The van der Waals surface area contributed by atoms with Crippen molar-refractivity contribution in [2.75, 3.05) is 5.32 Å². The number of amides is 1.